The van der Waals surface area contributed by atoms with Crippen molar-refractivity contribution in [2.24, 2.45) is 16.2 Å². The fourth-order valence-corrected chi connectivity index (χ4v) is 3.17. The normalized spacial score (nSPS) is 21.4. The van der Waals surface area contributed by atoms with Crippen LogP contribution in [0.1, 0.15) is 87.0 Å². The Bertz CT molecular complexity index is 326. The summed E-state index contributed by atoms with van der Waals surface area (Å²) in [7, 11) is 0. The van der Waals surface area contributed by atoms with E-state index in [4.69, 9.17) is 4.74 Å². The molecular weight excluding hydrogens is 248 g/mol. The van der Waals surface area contributed by atoms with Crippen molar-refractivity contribution in [3.05, 3.63) is 0 Å². The van der Waals surface area contributed by atoms with Crippen LogP contribution in [0.15, 0.2) is 0 Å². The third-order valence-corrected chi connectivity index (χ3v) is 4.82. The molecular formula is C18H34O2. The third kappa shape index (κ3) is 4.49. The van der Waals surface area contributed by atoms with Crippen LogP contribution in [0.3, 0.4) is 0 Å². The smallest absolute Gasteiger partial charge is 0.312 e. The molecule has 1 atom stereocenters. The van der Waals surface area contributed by atoms with Gasteiger partial charge in [-0.1, -0.05) is 48.0 Å². The van der Waals surface area contributed by atoms with Crippen molar-refractivity contribution in [1.82, 2.24) is 0 Å². The molecule has 0 aliphatic heterocycles. The van der Waals surface area contributed by atoms with Crippen molar-refractivity contribution in [3.8, 4) is 0 Å². The molecule has 118 valence electrons. The zero-order valence-electron chi connectivity index (χ0n) is 14.6. The quantitative estimate of drug-likeness (QED) is 0.652. The van der Waals surface area contributed by atoms with E-state index in [1.165, 1.54) is 19.3 Å². The van der Waals surface area contributed by atoms with Gasteiger partial charge in [-0.15, -0.1) is 0 Å². The molecule has 1 rings (SSSR count). The molecule has 1 saturated carbocycles. The maximum absolute atomic E-state index is 12.8. The first-order valence-electron chi connectivity index (χ1n) is 8.17. The lowest BCUT2D eigenvalue weighted by Gasteiger charge is -2.44. The van der Waals surface area contributed by atoms with Crippen molar-refractivity contribution < 1.29 is 9.53 Å². The maximum Gasteiger partial charge on any atom is 0.312 e. The Kier molecular flexibility index (Phi) is 5.32. The second-order valence-corrected chi connectivity index (χ2v) is 8.98. The van der Waals surface area contributed by atoms with Gasteiger partial charge in [0, 0.05) is 0 Å². The Hall–Kier alpha value is -0.530. The Morgan fingerprint density at radius 3 is 1.85 bits per heavy atom. The molecule has 1 unspecified atom stereocenters. The van der Waals surface area contributed by atoms with E-state index in [1.54, 1.807) is 0 Å². The Balaban J connectivity index is 2.84. The topological polar surface area (TPSA) is 26.3 Å². The Morgan fingerprint density at radius 1 is 0.950 bits per heavy atom. The molecule has 0 amide bonds. The lowest BCUT2D eigenvalue weighted by atomic mass is 9.61. The predicted molar refractivity (Wildman–Crippen MR) is 84.6 cm³/mol. The van der Waals surface area contributed by atoms with Gasteiger partial charge in [-0.25, -0.2) is 0 Å². The van der Waals surface area contributed by atoms with E-state index < -0.39 is 5.41 Å². The SMILES string of the molecule is CC(C)(C)CC(C)(C(=O)OC1CCCCC1)C(C)(C)C. The summed E-state index contributed by atoms with van der Waals surface area (Å²) in [6, 6.07) is 0. The summed E-state index contributed by atoms with van der Waals surface area (Å²) in [4.78, 5) is 12.8. The van der Waals surface area contributed by atoms with E-state index in [9.17, 15) is 4.79 Å². The average Bonchev–Trinajstić information content (AvgIpc) is 2.26. The molecule has 0 heterocycles. The molecule has 1 fully saturated rings. The average molecular weight is 282 g/mol. The zero-order chi connectivity index (χ0) is 15.6. The van der Waals surface area contributed by atoms with Gasteiger partial charge in [-0.2, -0.15) is 0 Å². The summed E-state index contributed by atoms with van der Waals surface area (Å²) in [6.45, 7) is 15.1. The van der Waals surface area contributed by atoms with Crippen LogP contribution >= 0.6 is 0 Å². The van der Waals surface area contributed by atoms with Gasteiger partial charge in [-0.3, -0.25) is 4.79 Å². The van der Waals surface area contributed by atoms with Gasteiger partial charge in [-0.05, 0) is 49.9 Å². The van der Waals surface area contributed by atoms with Crippen LogP contribution in [0.4, 0.5) is 0 Å². The first-order valence-corrected chi connectivity index (χ1v) is 8.17. The molecule has 2 nitrogen and oxygen atoms in total. The minimum absolute atomic E-state index is 0.00632. The summed E-state index contributed by atoms with van der Waals surface area (Å²) in [5, 5.41) is 0. The van der Waals surface area contributed by atoms with E-state index in [0.717, 1.165) is 19.3 Å². The van der Waals surface area contributed by atoms with Crippen molar-refractivity contribution in [3.63, 3.8) is 0 Å². The number of esters is 1. The largest absolute Gasteiger partial charge is 0.462 e. The van der Waals surface area contributed by atoms with Crippen molar-refractivity contribution >= 4 is 5.97 Å². The highest BCUT2D eigenvalue weighted by molar-refractivity contribution is 5.77. The summed E-state index contributed by atoms with van der Waals surface area (Å²) >= 11 is 0. The highest BCUT2D eigenvalue weighted by atomic mass is 16.5. The molecule has 0 aromatic carbocycles. The van der Waals surface area contributed by atoms with Crippen LogP contribution in [-0.4, -0.2) is 12.1 Å². The molecule has 0 spiro atoms. The van der Waals surface area contributed by atoms with E-state index in [2.05, 4.69) is 48.5 Å². The number of rotatable bonds is 3. The third-order valence-electron chi connectivity index (χ3n) is 4.82. The molecule has 1 aliphatic carbocycles. The fourth-order valence-electron chi connectivity index (χ4n) is 3.17. The summed E-state index contributed by atoms with van der Waals surface area (Å²) < 4.78 is 5.89. The predicted octanol–water partition coefficient (Wildman–Crippen LogP) is 5.35. The van der Waals surface area contributed by atoms with E-state index in [0.29, 0.717) is 0 Å². The van der Waals surface area contributed by atoms with Gasteiger partial charge in [0.2, 0.25) is 0 Å². The maximum atomic E-state index is 12.8. The highest BCUT2D eigenvalue weighted by Crippen LogP contribution is 2.47. The van der Waals surface area contributed by atoms with Crippen LogP contribution < -0.4 is 0 Å². The van der Waals surface area contributed by atoms with Gasteiger partial charge in [0.15, 0.2) is 0 Å². The monoisotopic (exact) mass is 282 g/mol. The zero-order valence-corrected chi connectivity index (χ0v) is 14.6. The number of carbonyl (C=O) groups excluding carboxylic acids is 1. The highest BCUT2D eigenvalue weighted by Gasteiger charge is 2.48. The van der Waals surface area contributed by atoms with Gasteiger partial charge < -0.3 is 4.74 Å². The van der Waals surface area contributed by atoms with Crippen molar-refractivity contribution in [1.29, 1.82) is 0 Å². The molecule has 0 radical (unpaired) electrons. The number of ether oxygens (including phenoxy) is 1. The van der Waals surface area contributed by atoms with Crippen LogP contribution in [0.25, 0.3) is 0 Å². The van der Waals surface area contributed by atoms with Gasteiger partial charge in [0.1, 0.15) is 6.10 Å². The Morgan fingerprint density at radius 2 is 1.45 bits per heavy atom. The van der Waals surface area contributed by atoms with Crippen LogP contribution in [0.5, 0.6) is 0 Å². The fraction of sp³-hybridized carbons (Fsp3) is 0.944. The first kappa shape index (κ1) is 17.5. The molecule has 0 saturated heterocycles. The van der Waals surface area contributed by atoms with E-state index >= 15 is 0 Å². The minimum Gasteiger partial charge on any atom is -0.462 e. The van der Waals surface area contributed by atoms with E-state index in [-0.39, 0.29) is 22.9 Å². The number of hydrogen-bond donors (Lipinski definition) is 0. The van der Waals surface area contributed by atoms with Crippen LogP contribution in [0, 0.1) is 16.2 Å². The van der Waals surface area contributed by atoms with E-state index in [1.807, 2.05) is 0 Å². The lowest BCUT2D eigenvalue weighted by molar-refractivity contribution is -0.172. The standard InChI is InChI=1S/C18H34O2/c1-16(2,3)13-18(7,17(4,5)6)15(19)20-14-11-9-8-10-12-14/h14H,8-13H2,1-7H3. The number of carbonyl (C=O) groups is 1. The number of hydrogen-bond acceptors (Lipinski definition) is 2. The molecule has 2 heteroatoms. The van der Waals surface area contributed by atoms with Crippen molar-refractivity contribution in [2.45, 2.75) is 93.1 Å². The van der Waals surface area contributed by atoms with Gasteiger partial charge >= 0.3 is 5.97 Å². The summed E-state index contributed by atoms with van der Waals surface area (Å²) in [6.07, 6.45) is 6.77. The molecule has 0 aromatic heterocycles. The first-order chi connectivity index (χ1) is 8.96. The van der Waals surface area contributed by atoms with Crippen molar-refractivity contribution in [2.75, 3.05) is 0 Å². The van der Waals surface area contributed by atoms with Gasteiger partial charge in [0.05, 0.1) is 5.41 Å². The van der Waals surface area contributed by atoms with Crippen LogP contribution in [-0.2, 0) is 9.53 Å². The molecule has 0 aromatic rings. The summed E-state index contributed by atoms with van der Waals surface area (Å²) in [5.74, 6) is 0.00632. The minimum atomic E-state index is -0.428. The molecule has 0 N–H and O–H groups in total. The molecule has 0 bridgehead atoms. The Labute approximate surface area is 125 Å². The van der Waals surface area contributed by atoms with Gasteiger partial charge in [0.25, 0.3) is 0 Å². The summed E-state index contributed by atoms with van der Waals surface area (Å²) in [5.41, 5.74) is -0.400. The molecule has 20 heavy (non-hydrogen) atoms. The molecule has 1 aliphatic rings. The second kappa shape index (κ2) is 6.07. The lowest BCUT2D eigenvalue weighted by Crippen LogP contribution is -2.45. The van der Waals surface area contributed by atoms with Crippen LogP contribution in [0.2, 0.25) is 0 Å². The second-order valence-electron chi connectivity index (χ2n) is 8.98.